The van der Waals surface area contributed by atoms with Crippen molar-refractivity contribution in [2.75, 3.05) is 6.54 Å². The average molecular weight is 520 g/mol. The molecule has 0 bridgehead atoms. The van der Waals surface area contributed by atoms with Gasteiger partial charge in [-0.3, -0.25) is 9.59 Å². The van der Waals surface area contributed by atoms with Gasteiger partial charge in [-0.2, -0.15) is 0 Å². The maximum Gasteiger partial charge on any atom is 0.329 e. The van der Waals surface area contributed by atoms with E-state index in [-0.39, 0.29) is 0 Å². The minimum absolute atomic E-state index is 0.352. The number of piperidine rings is 1. The van der Waals surface area contributed by atoms with Gasteiger partial charge in [0.1, 0.15) is 12.1 Å². The Morgan fingerprint density at radius 3 is 2.37 bits per heavy atom. The van der Waals surface area contributed by atoms with Crippen molar-refractivity contribution in [3.05, 3.63) is 70.3 Å². The molecular weight excluding hydrogens is 474 g/mol. The molecule has 0 saturated carbocycles. The highest BCUT2D eigenvalue weighted by molar-refractivity contribution is 6.38. The van der Waals surface area contributed by atoms with Crippen LogP contribution in [0.4, 0.5) is 0 Å². The number of carbonyl (C=O) groups excluding carboxylic acids is 3. The van der Waals surface area contributed by atoms with Crippen LogP contribution in [0.15, 0.2) is 42.5 Å². The number of benzene rings is 2. The molecular formula is C33H45NO4. The minimum atomic E-state index is -0.755. The van der Waals surface area contributed by atoms with Crippen LogP contribution < -0.4 is 0 Å². The third-order valence-corrected chi connectivity index (χ3v) is 8.20. The molecule has 1 heterocycles. The van der Waals surface area contributed by atoms with E-state index in [4.69, 9.17) is 4.74 Å². The summed E-state index contributed by atoms with van der Waals surface area (Å²) in [5.74, 6) is -1.06. The number of rotatable bonds is 10. The average Bonchev–Trinajstić information content (AvgIpc) is 2.91. The topological polar surface area (TPSA) is 63.7 Å². The quantitative estimate of drug-likeness (QED) is 0.250. The Morgan fingerprint density at radius 2 is 1.71 bits per heavy atom. The molecule has 5 nitrogen and oxygen atoms in total. The van der Waals surface area contributed by atoms with Crippen LogP contribution >= 0.6 is 0 Å². The summed E-state index contributed by atoms with van der Waals surface area (Å²) >= 11 is 0. The fourth-order valence-corrected chi connectivity index (χ4v) is 4.89. The van der Waals surface area contributed by atoms with Crippen molar-refractivity contribution in [2.24, 2.45) is 5.41 Å². The van der Waals surface area contributed by atoms with Crippen molar-refractivity contribution >= 4 is 17.7 Å². The van der Waals surface area contributed by atoms with E-state index in [2.05, 4.69) is 58.0 Å². The van der Waals surface area contributed by atoms with Gasteiger partial charge >= 0.3 is 5.97 Å². The second kappa shape index (κ2) is 12.7. The number of hydrogen-bond acceptors (Lipinski definition) is 4. The first-order valence-electron chi connectivity index (χ1n) is 14.2. The molecule has 0 radical (unpaired) electrons. The molecule has 1 aliphatic rings. The van der Waals surface area contributed by atoms with Crippen LogP contribution in [0.5, 0.6) is 0 Å². The predicted octanol–water partition coefficient (Wildman–Crippen LogP) is 7.03. The highest BCUT2D eigenvalue weighted by Gasteiger charge is 2.41. The summed E-state index contributed by atoms with van der Waals surface area (Å²) in [6.45, 7) is 14.4. The summed E-state index contributed by atoms with van der Waals surface area (Å²) in [6, 6.07) is 14.0. The molecule has 1 aliphatic heterocycles. The minimum Gasteiger partial charge on any atom is -0.456 e. The smallest absolute Gasteiger partial charge is 0.329 e. The Morgan fingerprint density at radius 1 is 1.00 bits per heavy atom. The van der Waals surface area contributed by atoms with Crippen LogP contribution in [0.25, 0.3) is 0 Å². The van der Waals surface area contributed by atoms with Gasteiger partial charge < -0.3 is 9.64 Å². The molecule has 206 valence electrons. The van der Waals surface area contributed by atoms with Crippen molar-refractivity contribution in [1.29, 1.82) is 0 Å². The zero-order valence-electron chi connectivity index (χ0n) is 24.3. The van der Waals surface area contributed by atoms with Crippen LogP contribution in [-0.4, -0.2) is 35.1 Å². The van der Waals surface area contributed by atoms with Gasteiger partial charge in [0.2, 0.25) is 5.78 Å². The maximum absolute atomic E-state index is 13.6. The number of nitrogens with zero attached hydrogens (tertiary/aromatic N) is 1. The molecule has 0 N–H and O–H groups in total. The summed E-state index contributed by atoms with van der Waals surface area (Å²) in [4.78, 5) is 41.3. The SMILES string of the molecule is CCC(C)(C)C(=O)C(=O)N1CCCC[C@H]1C(=O)O[C@H](CCc1ccc(C)c(C)c1)c1cccc(C(C)C)c1. The van der Waals surface area contributed by atoms with Crippen molar-refractivity contribution in [2.45, 2.75) is 105 Å². The van der Waals surface area contributed by atoms with Crippen molar-refractivity contribution in [3.63, 3.8) is 0 Å². The highest BCUT2D eigenvalue weighted by Crippen LogP contribution is 2.30. The van der Waals surface area contributed by atoms with E-state index in [1.54, 1.807) is 13.8 Å². The van der Waals surface area contributed by atoms with Crippen LogP contribution in [0.1, 0.15) is 107 Å². The van der Waals surface area contributed by atoms with E-state index in [0.29, 0.717) is 31.7 Å². The first-order chi connectivity index (χ1) is 17.9. The van der Waals surface area contributed by atoms with Crippen molar-refractivity contribution in [1.82, 2.24) is 4.90 Å². The first kappa shape index (κ1) is 29.6. The predicted molar refractivity (Wildman–Crippen MR) is 152 cm³/mol. The zero-order valence-corrected chi connectivity index (χ0v) is 24.3. The Kier molecular flexibility index (Phi) is 9.92. The number of likely N-dealkylation sites (tertiary alicyclic amines) is 1. The molecule has 1 amide bonds. The Balaban J connectivity index is 1.85. The molecule has 2 aromatic carbocycles. The largest absolute Gasteiger partial charge is 0.456 e. The standard InChI is InChI=1S/C33H45NO4/c1-8-33(6,7)30(35)31(36)34-19-10-9-14-28(34)32(37)38-29(27-13-11-12-26(21-27)22(2)3)18-17-25-16-15-23(4)24(5)20-25/h11-13,15-16,20-22,28-29H,8-10,14,17-19H2,1-7H3/t28-,29+/m0/s1. The van der Waals surface area contributed by atoms with Gasteiger partial charge in [0.25, 0.3) is 5.91 Å². The van der Waals surface area contributed by atoms with Gasteiger partial charge in [0.05, 0.1) is 0 Å². The Bertz CT molecular complexity index is 1150. The Hall–Kier alpha value is -2.95. The molecule has 1 saturated heterocycles. The molecule has 0 unspecified atom stereocenters. The first-order valence-corrected chi connectivity index (χ1v) is 14.2. The fraction of sp³-hybridized carbons (Fsp3) is 0.545. The lowest BCUT2D eigenvalue weighted by atomic mass is 9.84. The van der Waals surface area contributed by atoms with Gasteiger partial charge in [-0.15, -0.1) is 0 Å². The van der Waals surface area contributed by atoms with Crippen LogP contribution in [0.3, 0.4) is 0 Å². The fourth-order valence-electron chi connectivity index (χ4n) is 4.89. The third kappa shape index (κ3) is 7.12. The van der Waals surface area contributed by atoms with E-state index in [9.17, 15) is 14.4 Å². The van der Waals surface area contributed by atoms with Crippen LogP contribution in [-0.2, 0) is 25.5 Å². The monoisotopic (exact) mass is 519 g/mol. The lowest BCUT2D eigenvalue weighted by Gasteiger charge is -2.36. The third-order valence-electron chi connectivity index (χ3n) is 8.20. The number of carbonyl (C=O) groups is 3. The van der Waals surface area contributed by atoms with Gasteiger partial charge in [-0.1, -0.05) is 77.1 Å². The number of ketones is 1. The molecule has 5 heteroatoms. The summed E-state index contributed by atoms with van der Waals surface area (Å²) < 4.78 is 6.21. The molecule has 0 aromatic heterocycles. The maximum atomic E-state index is 13.6. The molecule has 0 spiro atoms. The summed E-state index contributed by atoms with van der Waals surface area (Å²) in [7, 11) is 0. The lowest BCUT2D eigenvalue weighted by Crippen LogP contribution is -2.53. The summed E-state index contributed by atoms with van der Waals surface area (Å²) in [5.41, 5.74) is 5.10. The van der Waals surface area contributed by atoms with Crippen LogP contribution in [0, 0.1) is 19.3 Å². The second-order valence-electron chi connectivity index (χ2n) is 11.8. The van der Waals surface area contributed by atoms with Gasteiger partial charge in [-0.25, -0.2) is 4.79 Å². The molecule has 0 aliphatic carbocycles. The number of ether oxygens (including phenoxy) is 1. The number of esters is 1. The molecule has 3 rings (SSSR count). The van der Waals surface area contributed by atoms with E-state index in [0.717, 1.165) is 24.8 Å². The molecule has 2 aromatic rings. The van der Waals surface area contributed by atoms with E-state index in [1.165, 1.54) is 27.2 Å². The van der Waals surface area contributed by atoms with Crippen molar-refractivity contribution in [3.8, 4) is 0 Å². The summed E-state index contributed by atoms with van der Waals surface area (Å²) in [6.07, 6.45) is 3.64. The highest BCUT2D eigenvalue weighted by atomic mass is 16.5. The van der Waals surface area contributed by atoms with E-state index >= 15 is 0 Å². The second-order valence-corrected chi connectivity index (χ2v) is 11.8. The number of aryl methyl sites for hydroxylation is 3. The molecule has 38 heavy (non-hydrogen) atoms. The van der Waals surface area contributed by atoms with Gasteiger partial charge in [0, 0.05) is 12.0 Å². The summed E-state index contributed by atoms with van der Waals surface area (Å²) in [5, 5.41) is 0. The zero-order chi connectivity index (χ0) is 28.0. The normalized spacial score (nSPS) is 16.8. The molecule has 2 atom stereocenters. The van der Waals surface area contributed by atoms with E-state index in [1.807, 2.05) is 19.1 Å². The Labute approximate surface area is 229 Å². The number of amides is 1. The number of Topliss-reactive ketones (excluding diaryl/α,β-unsaturated/α-hetero) is 1. The molecule has 1 fully saturated rings. The van der Waals surface area contributed by atoms with E-state index < -0.39 is 35.2 Å². The lowest BCUT2D eigenvalue weighted by molar-refractivity contribution is -0.164. The van der Waals surface area contributed by atoms with Gasteiger partial charge in [-0.05, 0) is 86.1 Å². The number of hydrogen-bond donors (Lipinski definition) is 0. The van der Waals surface area contributed by atoms with Gasteiger partial charge in [0.15, 0.2) is 0 Å². The van der Waals surface area contributed by atoms with Crippen molar-refractivity contribution < 1.29 is 19.1 Å². The van der Waals surface area contributed by atoms with Crippen LogP contribution in [0.2, 0.25) is 0 Å².